The van der Waals surface area contributed by atoms with E-state index in [9.17, 15) is 14.4 Å². The van der Waals surface area contributed by atoms with Gasteiger partial charge in [-0.1, -0.05) is 102 Å². The molecule has 8 nitrogen and oxygen atoms in total. The van der Waals surface area contributed by atoms with E-state index in [1.807, 2.05) is 19.2 Å². The van der Waals surface area contributed by atoms with Gasteiger partial charge in [0.05, 0.1) is 13.2 Å². The van der Waals surface area contributed by atoms with E-state index in [-0.39, 0.29) is 17.9 Å². The lowest BCUT2D eigenvalue weighted by Gasteiger charge is -2.21. The molecule has 0 unspecified atom stereocenters. The minimum atomic E-state index is -0.159. The molecule has 0 spiro atoms. The minimum Gasteiger partial charge on any atom is -0.465 e. The van der Waals surface area contributed by atoms with Crippen molar-refractivity contribution < 1.29 is 28.7 Å². The Bertz CT molecular complexity index is 762. The number of carbonyl (C=O) groups excluding carboxylic acids is 3. The van der Waals surface area contributed by atoms with E-state index >= 15 is 0 Å². The predicted octanol–water partition coefficient (Wildman–Crippen LogP) is 9.91. The van der Waals surface area contributed by atoms with Crippen LogP contribution < -0.4 is 0 Å². The molecule has 0 saturated carbocycles. The Balaban J connectivity index is 4.10. The van der Waals surface area contributed by atoms with Crippen molar-refractivity contribution >= 4 is 17.9 Å². The van der Waals surface area contributed by atoms with Gasteiger partial charge in [0, 0.05) is 32.4 Å². The Morgan fingerprint density at radius 3 is 1.33 bits per heavy atom. The van der Waals surface area contributed by atoms with Crippen molar-refractivity contribution in [3.8, 4) is 0 Å². The van der Waals surface area contributed by atoms with Crippen LogP contribution in [-0.2, 0) is 28.7 Å². The fourth-order valence-electron chi connectivity index (χ4n) is 5.23. The van der Waals surface area contributed by atoms with Crippen LogP contribution in [0.3, 0.4) is 0 Å². The molecule has 48 heavy (non-hydrogen) atoms. The second kappa shape index (κ2) is 36.1. The number of rotatable bonds is 35. The third kappa shape index (κ3) is 35.1. The van der Waals surface area contributed by atoms with Crippen molar-refractivity contribution in [2.45, 2.75) is 168 Å². The molecule has 280 valence electrons. The van der Waals surface area contributed by atoms with Crippen molar-refractivity contribution in [2.24, 2.45) is 0 Å². The van der Waals surface area contributed by atoms with E-state index in [4.69, 9.17) is 14.3 Å². The standard InChI is InChI=1S/C40H74N2O6/c1-5-7-9-11-13-21-27-36-46-38(43)30-23-17-15-19-25-34-42(48-40(45)32-29-33-41(3)4)35-26-20-16-18-24-31-39(44)47-37-28-22-14-12-10-8-6-2/h13-14,21-22H,5-12,15-20,23-37H2,1-4H3/b21-13-,22-14-. The predicted molar refractivity (Wildman–Crippen MR) is 199 cm³/mol. The summed E-state index contributed by atoms with van der Waals surface area (Å²) in [6, 6.07) is 0. The molecule has 0 saturated heterocycles. The Morgan fingerprint density at radius 2 is 0.875 bits per heavy atom. The van der Waals surface area contributed by atoms with Gasteiger partial charge >= 0.3 is 17.9 Å². The summed E-state index contributed by atoms with van der Waals surface area (Å²) in [5, 5.41) is 1.85. The van der Waals surface area contributed by atoms with Crippen LogP contribution >= 0.6 is 0 Å². The number of esters is 2. The van der Waals surface area contributed by atoms with Crippen molar-refractivity contribution in [1.29, 1.82) is 0 Å². The number of unbranched alkanes of at least 4 members (excludes halogenated alkanes) is 14. The number of nitrogens with zero attached hydrogens (tertiary/aromatic N) is 2. The van der Waals surface area contributed by atoms with E-state index in [2.05, 4.69) is 43.1 Å². The second-order valence-corrected chi connectivity index (χ2v) is 13.3. The number of allylic oxidation sites excluding steroid dienone is 2. The summed E-state index contributed by atoms with van der Waals surface area (Å²) in [5.74, 6) is -0.357. The van der Waals surface area contributed by atoms with Gasteiger partial charge < -0.3 is 19.2 Å². The Hall–Kier alpha value is -2.19. The largest absolute Gasteiger partial charge is 0.465 e. The molecule has 0 aliphatic rings. The van der Waals surface area contributed by atoms with Gasteiger partial charge in [-0.25, -0.2) is 0 Å². The smallest absolute Gasteiger partial charge is 0.325 e. The Morgan fingerprint density at radius 1 is 0.458 bits per heavy atom. The van der Waals surface area contributed by atoms with Gasteiger partial charge in [0.25, 0.3) is 0 Å². The first-order valence-corrected chi connectivity index (χ1v) is 19.6. The van der Waals surface area contributed by atoms with Crippen LogP contribution in [0, 0.1) is 0 Å². The van der Waals surface area contributed by atoms with Gasteiger partial charge in [-0.05, 0) is 91.3 Å². The van der Waals surface area contributed by atoms with Crippen LogP contribution in [0.15, 0.2) is 24.3 Å². The molecule has 0 fully saturated rings. The van der Waals surface area contributed by atoms with Crippen LogP contribution in [0.4, 0.5) is 0 Å². The van der Waals surface area contributed by atoms with E-state index in [0.717, 1.165) is 116 Å². The number of carbonyl (C=O) groups is 3. The molecule has 0 heterocycles. The molecule has 0 aromatic heterocycles. The van der Waals surface area contributed by atoms with Gasteiger partial charge in [-0.2, -0.15) is 0 Å². The summed E-state index contributed by atoms with van der Waals surface area (Å²) in [6.45, 7) is 7.68. The van der Waals surface area contributed by atoms with Crippen molar-refractivity contribution in [1.82, 2.24) is 9.96 Å². The topological polar surface area (TPSA) is 85.4 Å². The molecular weight excluding hydrogens is 604 g/mol. The van der Waals surface area contributed by atoms with Gasteiger partial charge in [0.15, 0.2) is 0 Å². The highest BCUT2D eigenvalue weighted by atomic mass is 16.7. The molecule has 0 amide bonds. The lowest BCUT2D eigenvalue weighted by atomic mass is 10.1. The third-order valence-electron chi connectivity index (χ3n) is 8.17. The first kappa shape index (κ1) is 45.8. The molecule has 0 aliphatic heterocycles. The maximum Gasteiger partial charge on any atom is 0.325 e. The highest BCUT2D eigenvalue weighted by molar-refractivity contribution is 5.69. The third-order valence-corrected chi connectivity index (χ3v) is 8.17. The zero-order chi connectivity index (χ0) is 35.3. The molecule has 0 N–H and O–H groups in total. The first-order chi connectivity index (χ1) is 23.4. The molecule has 0 aromatic rings. The van der Waals surface area contributed by atoms with Crippen LogP contribution in [0.5, 0.6) is 0 Å². The van der Waals surface area contributed by atoms with E-state index < -0.39 is 0 Å². The molecule has 0 aliphatic carbocycles. The summed E-state index contributed by atoms with van der Waals surface area (Å²) in [6.07, 6.45) is 31.9. The fourth-order valence-corrected chi connectivity index (χ4v) is 5.23. The zero-order valence-corrected chi connectivity index (χ0v) is 31.7. The lowest BCUT2D eigenvalue weighted by molar-refractivity contribution is -0.191. The van der Waals surface area contributed by atoms with E-state index in [0.29, 0.717) is 32.5 Å². The van der Waals surface area contributed by atoms with Crippen LogP contribution in [-0.4, -0.2) is 74.8 Å². The first-order valence-electron chi connectivity index (χ1n) is 19.6. The molecular formula is C40H74N2O6. The summed E-state index contributed by atoms with van der Waals surface area (Å²) >= 11 is 0. The minimum absolute atomic E-state index is 0.0990. The molecule has 8 heteroatoms. The van der Waals surface area contributed by atoms with Crippen molar-refractivity contribution in [2.75, 3.05) is 46.9 Å². The summed E-state index contributed by atoms with van der Waals surface area (Å²) in [4.78, 5) is 44.3. The molecule has 0 radical (unpaired) electrons. The number of hydroxylamine groups is 2. The zero-order valence-electron chi connectivity index (χ0n) is 31.7. The van der Waals surface area contributed by atoms with Crippen LogP contribution in [0.1, 0.15) is 168 Å². The highest BCUT2D eigenvalue weighted by Crippen LogP contribution is 2.12. The quantitative estimate of drug-likeness (QED) is 0.0283. The molecule has 0 rings (SSSR count). The number of ether oxygens (including phenoxy) is 2. The maximum atomic E-state index is 12.5. The number of hydrogen-bond donors (Lipinski definition) is 0. The van der Waals surface area contributed by atoms with Crippen molar-refractivity contribution in [3.05, 3.63) is 24.3 Å². The number of hydrogen-bond acceptors (Lipinski definition) is 8. The average molecular weight is 679 g/mol. The highest BCUT2D eigenvalue weighted by Gasteiger charge is 2.12. The second-order valence-electron chi connectivity index (χ2n) is 13.3. The van der Waals surface area contributed by atoms with Gasteiger partial charge in [-0.15, -0.1) is 5.06 Å². The summed E-state index contributed by atoms with van der Waals surface area (Å²) < 4.78 is 10.7. The Labute approximate surface area is 295 Å². The van der Waals surface area contributed by atoms with Crippen LogP contribution in [0.25, 0.3) is 0 Å². The van der Waals surface area contributed by atoms with E-state index in [1.54, 1.807) is 0 Å². The molecule has 0 aromatic carbocycles. The van der Waals surface area contributed by atoms with Crippen molar-refractivity contribution in [3.63, 3.8) is 0 Å². The fraction of sp³-hybridized carbons (Fsp3) is 0.825. The normalized spacial score (nSPS) is 11.7. The summed E-state index contributed by atoms with van der Waals surface area (Å²) in [7, 11) is 4.01. The van der Waals surface area contributed by atoms with Gasteiger partial charge in [-0.3, -0.25) is 14.4 Å². The van der Waals surface area contributed by atoms with Crippen LogP contribution in [0.2, 0.25) is 0 Å². The maximum absolute atomic E-state index is 12.5. The lowest BCUT2D eigenvalue weighted by Crippen LogP contribution is -2.30. The van der Waals surface area contributed by atoms with Gasteiger partial charge in [0.1, 0.15) is 0 Å². The molecule has 0 bridgehead atoms. The SMILES string of the molecule is CCCCC/C=C\CCOC(=O)CCCCCCCN(CCCCCCCC(=O)OCC/C=C\CCCCC)OC(=O)CCCN(C)C. The molecule has 0 atom stereocenters. The van der Waals surface area contributed by atoms with Gasteiger partial charge in [0.2, 0.25) is 0 Å². The van der Waals surface area contributed by atoms with E-state index in [1.165, 1.54) is 38.5 Å². The Kier molecular flexibility index (Phi) is 34.5. The average Bonchev–Trinajstić information content (AvgIpc) is 3.05. The monoisotopic (exact) mass is 679 g/mol. The summed E-state index contributed by atoms with van der Waals surface area (Å²) in [5.41, 5.74) is 0.